The topological polar surface area (TPSA) is 42.7 Å². The number of halogens is 1. The molecule has 1 aliphatic rings. The van der Waals surface area contributed by atoms with Crippen LogP contribution >= 0.6 is 33.9 Å². The molecule has 102 valence electrons. The van der Waals surface area contributed by atoms with Gasteiger partial charge >= 0.3 is 0 Å². The molecule has 0 fully saturated rings. The summed E-state index contributed by atoms with van der Waals surface area (Å²) in [6.45, 7) is 2.16. The van der Waals surface area contributed by atoms with Crippen LogP contribution in [0.4, 0.5) is 0 Å². The number of aromatic nitrogens is 3. The summed E-state index contributed by atoms with van der Waals surface area (Å²) in [5, 5.41) is 11.9. The quantitative estimate of drug-likeness (QED) is 0.822. The molecule has 2 aromatic rings. The fraction of sp³-hybridized carbons (Fsp3) is 0.538. The molecule has 0 bridgehead atoms. The van der Waals surface area contributed by atoms with Crippen LogP contribution in [0.3, 0.4) is 0 Å². The van der Waals surface area contributed by atoms with Crippen LogP contribution < -0.4 is 5.32 Å². The van der Waals surface area contributed by atoms with Crippen LogP contribution in [0.15, 0.2) is 12.4 Å². The average molecular weight is 388 g/mol. The van der Waals surface area contributed by atoms with E-state index in [4.69, 9.17) is 0 Å². The zero-order valence-corrected chi connectivity index (χ0v) is 14.0. The van der Waals surface area contributed by atoms with Crippen LogP contribution in [0.2, 0.25) is 0 Å². The Morgan fingerprint density at radius 3 is 3.16 bits per heavy atom. The summed E-state index contributed by atoms with van der Waals surface area (Å²) in [6.07, 6.45) is 5.47. The van der Waals surface area contributed by atoms with Crippen LogP contribution in [0.25, 0.3) is 0 Å². The van der Waals surface area contributed by atoms with Crippen LogP contribution in [0, 0.1) is 2.88 Å². The number of thiophene rings is 1. The second kappa shape index (κ2) is 5.49. The summed E-state index contributed by atoms with van der Waals surface area (Å²) in [4.78, 5) is 1.55. The van der Waals surface area contributed by atoms with Gasteiger partial charge in [-0.05, 0) is 60.4 Å². The minimum Gasteiger partial charge on any atom is -0.319 e. The molecule has 2 unspecified atom stereocenters. The maximum absolute atomic E-state index is 4.19. The van der Waals surface area contributed by atoms with Crippen molar-refractivity contribution in [3.63, 3.8) is 0 Å². The zero-order valence-electron chi connectivity index (χ0n) is 11.1. The highest BCUT2D eigenvalue weighted by atomic mass is 127. The van der Waals surface area contributed by atoms with E-state index in [1.807, 2.05) is 23.0 Å². The third-order valence-corrected chi connectivity index (χ3v) is 5.64. The zero-order chi connectivity index (χ0) is 13.4. The van der Waals surface area contributed by atoms with Gasteiger partial charge in [0.15, 0.2) is 0 Å². The third-order valence-electron chi connectivity index (χ3n) is 3.67. The van der Waals surface area contributed by atoms with Crippen molar-refractivity contribution in [3.8, 4) is 0 Å². The van der Waals surface area contributed by atoms with Crippen LogP contribution in [0.5, 0.6) is 0 Å². The lowest BCUT2D eigenvalue weighted by molar-refractivity contribution is 0.403. The Labute approximate surface area is 130 Å². The first-order valence-corrected chi connectivity index (χ1v) is 8.42. The molecule has 19 heavy (non-hydrogen) atoms. The molecule has 0 saturated heterocycles. The number of aryl methyl sites for hydroxylation is 2. The van der Waals surface area contributed by atoms with Crippen molar-refractivity contribution in [3.05, 3.63) is 31.5 Å². The Balaban J connectivity index is 1.79. The Morgan fingerprint density at radius 2 is 2.42 bits per heavy atom. The predicted molar refractivity (Wildman–Crippen MR) is 85.3 cm³/mol. The first kappa shape index (κ1) is 13.5. The van der Waals surface area contributed by atoms with Gasteiger partial charge in [0.1, 0.15) is 12.2 Å². The van der Waals surface area contributed by atoms with E-state index in [0.29, 0.717) is 6.04 Å². The van der Waals surface area contributed by atoms with E-state index < -0.39 is 0 Å². The third kappa shape index (κ3) is 2.71. The summed E-state index contributed by atoms with van der Waals surface area (Å²) in [7, 11) is 1.99. The van der Waals surface area contributed by atoms with E-state index in [9.17, 15) is 0 Å². The monoisotopic (exact) mass is 388 g/mol. The fourth-order valence-corrected chi connectivity index (χ4v) is 4.87. The van der Waals surface area contributed by atoms with Crippen LogP contribution in [0.1, 0.15) is 48.1 Å². The van der Waals surface area contributed by atoms with Crippen LogP contribution in [-0.2, 0) is 13.5 Å². The van der Waals surface area contributed by atoms with Crippen molar-refractivity contribution in [2.75, 3.05) is 0 Å². The molecule has 2 atom stereocenters. The van der Waals surface area contributed by atoms with Gasteiger partial charge in [-0.2, -0.15) is 0 Å². The molecular formula is C13H17IN4S. The summed E-state index contributed by atoms with van der Waals surface area (Å²) < 4.78 is 3.38. The molecule has 0 amide bonds. The highest BCUT2D eigenvalue weighted by Gasteiger charge is 2.25. The smallest absolute Gasteiger partial charge is 0.149 e. The molecule has 1 aliphatic carbocycles. The van der Waals surface area contributed by atoms with Gasteiger partial charge in [-0.3, -0.25) is 0 Å². The van der Waals surface area contributed by atoms with Crippen molar-refractivity contribution >= 4 is 33.9 Å². The largest absolute Gasteiger partial charge is 0.319 e. The SMILES string of the molecule is CC(NC1CCCc2sc(I)cc21)c1nncn1C. The minimum absolute atomic E-state index is 0.223. The Hall–Kier alpha value is -0.470. The maximum atomic E-state index is 4.19. The molecule has 0 aromatic carbocycles. The molecule has 0 aliphatic heterocycles. The summed E-state index contributed by atoms with van der Waals surface area (Å²) in [5.41, 5.74) is 1.50. The van der Waals surface area contributed by atoms with Gasteiger partial charge in [0.25, 0.3) is 0 Å². The van der Waals surface area contributed by atoms with E-state index in [1.54, 1.807) is 11.2 Å². The van der Waals surface area contributed by atoms with Gasteiger partial charge < -0.3 is 9.88 Å². The molecule has 0 radical (unpaired) electrons. The lowest BCUT2D eigenvalue weighted by Gasteiger charge is -2.26. The van der Waals surface area contributed by atoms with Gasteiger partial charge in [0.2, 0.25) is 0 Å². The van der Waals surface area contributed by atoms with Crippen molar-refractivity contribution in [2.24, 2.45) is 7.05 Å². The summed E-state index contributed by atoms with van der Waals surface area (Å²) in [5.74, 6) is 0.997. The van der Waals surface area contributed by atoms with Crippen molar-refractivity contribution in [1.82, 2.24) is 20.1 Å². The average Bonchev–Trinajstić information content (AvgIpc) is 2.94. The standard InChI is InChI=1S/C13H17IN4S/c1-8(13-17-15-7-18(13)2)16-10-4-3-5-11-9(10)6-12(14)19-11/h6-8,10,16H,3-5H2,1-2H3. The van der Waals surface area contributed by atoms with E-state index in [1.165, 1.54) is 27.7 Å². The highest BCUT2D eigenvalue weighted by Crippen LogP contribution is 2.37. The Kier molecular flexibility index (Phi) is 3.91. The van der Waals surface area contributed by atoms with E-state index >= 15 is 0 Å². The van der Waals surface area contributed by atoms with Crippen molar-refractivity contribution in [1.29, 1.82) is 0 Å². The summed E-state index contributed by atoms with van der Waals surface area (Å²) >= 11 is 4.36. The normalized spacial score (nSPS) is 20.3. The van der Waals surface area contributed by atoms with Gasteiger partial charge in [-0.1, -0.05) is 0 Å². The molecule has 1 N–H and O–H groups in total. The lowest BCUT2D eigenvalue weighted by Crippen LogP contribution is -2.28. The highest BCUT2D eigenvalue weighted by molar-refractivity contribution is 14.1. The van der Waals surface area contributed by atoms with E-state index in [0.717, 1.165) is 5.82 Å². The Morgan fingerprint density at radius 1 is 1.58 bits per heavy atom. The molecule has 2 heterocycles. The van der Waals surface area contributed by atoms with E-state index in [-0.39, 0.29) is 6.04 Å². The number of fused-ring (bicyclic) bond motifs is 1. The molecular weight excluding hydrogens is 371 g/mol. The lowest BCUT2D eigenvalue weighted by atomic mass is 9.93. The Bertz CT molecular complexity index is 577. The van der Waals surface area contributed by atoms with E-state index in [2.05, 4.69) is 51.1 Å². The predicted octanol–water partition coefficient (Wildman–Crippen LogP) is 3.21. The van der Waals surface area contributed by atoms with Gasteiger partial charge in [-0.15, -0.1) is 21.5 Å². The number of hydrogen-bond donors (Lipinski definition) is 1. The van der Waals surface area contributed by atoms with Crippen molar-refractivity contribution in [2.45, 2.75) is 38.3 Å². The molecule has 4 nitrogen and oxygen atoms in total. The second-order valence-electron chi connectivity index (χ2n) is 5.06. The first-order chi connectivity index (χ1) is 9.15. The number of rotatable bonds is 3. The second-order valence-corrected chi connectivity index (χ2v) is 8.09. The fourth-order valence-electron chi connectivity index (χ4n) is 2.75. The molecule has 0 spiro atoms. The molecule has 6 heteroatoms. The minimum atomic E-state index is 0.223. The summed E-state index contributed by atoms with van der Waals surface area (Å²) in [6, 6.07) is 3.01. The number of hydrogen-bond acceptors (Lipinski definition) is 4. The first-order valence-electron chi connectivity index (χ1n) is 6.53. The molecule has 0 saturated carbocycles. The van der Waals surface area contributed by atoms with Gasteiger partial charge in [0, 0.05) is 18.0 Å². The number of nitrogens with zero attached hydrogens (tertiary/aromatic N) is 3. The molecule has 2 aromatic heterocycles. The molecule has 3 rings (SSSR count). The maximum Gasteiger partial charge on any atom is 0.149 e. The van der Waals surface area contributed by atoms with Crippen LogP contribution in [-0.4, -0.2) is 14.8 Å². The number of nitrogens with one attached hydrogen (secondary N) is 1. The van der Waals surface area contributed by atoms with Gasteiger partial charge in [-0.25, -0.2) is 0 Å². The van der Waals surface area contributed by atoms with Crippen molar-refractivity contribution < 1.29 is 0 Å². The van der Waals surface area contributed by atoms with Gasteiger partial charge in [0.05, 0.1) is 8.93 Å².